The van der Waals surface area contributed by atoms with E-state index in [4.69, 9.17) is 14.2 Å². The molecule has 0 fully saturated rings. The number of ketones is 1. The Kier molecular flexibility index (Phi) is 3.65. The maximum absolute atomic E-state index is 12.4. The summed E-state index contributed by atoms with van der Waals surface area (Å²) in [6.45, 7) is 0.112. The predicted molar refractivity (Wildman–Crippen MR) is 85.5 cm³/mol. The Morgan fingerprint density at radius 1 is 1.04 bits per heavy atom. The van der Waals surface area contributed by atoms with Gasteiger partial charge in [0, 0.05) is 12.1 Å². The summed E-state index contributed by atoms with van der Waals surface area (Å²) in [5.41, 5.74) is 0.773. The van der Waals surface area contributed by atoms with Crippen LogP contribution in [0.25, 0.3) is 0 Å². The number of benzene rings is 2. The largest absolute Gasteiger partial charge is 0.508 e. The van der Waals surface area contributed by atoms with Crippen molar-refractivity contribution < 1.29 is 34.3 Å². The molecule has 2 aromatic carbocycles. The summed E-state index contributed by atoms with van der Waals surface area (Å²) >= 11 is 0. The molecule has 0 amide bonds. The van der Waals surface area contributed by atoms with Gasteiger partial charge in [-0.15, -0.1) is 0 Å². The molecule has 0 unspecified atom stereocenters. The first-order valence-corrected chi connectivity index (χ1v) is 7.85. The third kappa shape index (κ3) is 2.72. The second-order valence-corrected chi connectivity index (χ2v) is 6.01. The molecule has 0 bridgehead atoms. The first kappa shape index (κ1) is 15.6. The summed E-state index contributed by atoms with van der Waals surface area (Å²) in [4.78, 5) is 12.4. The highest BCUT2D eigenvalue weighted by Crippen LogP contribution is 2.43. The Morgan fingerprint density at radius 3 is 2.68 bits per heavy atom. The number of carbonyl (C=O) groups is 1. The molecule has 0 saturated heterocycles. The molecule has 0 spiro atoms. The summed E-state index contributed by atoms with van der Waals surface area (Å²) in [5, 5.41) is 28.7. The molecular weight excluding hydrogens is 328 g/mol. The molecule has 0 saturated carbocycles. The van der Waals surface area contributed by atoms with Crippen LogP contribution in [-0.4, -0.2) is 40.4 Å². The van der Waals surface area contributed by atoms with Gasteiger partial charge >= 0.3 is 0 Å². The van der Waals surface area contributed by atoms with Crippen LogP contribution in [0.3, 0.4) is 0 Å². The van der Waals surface area contributed by atoms with E-state index in [0.717, 1.165) is 6.07 Å². The highest BCUT2D eigenvalue weighted by molar-refractivity contribution is 6.02. The number of rotatable bonds is 2. The standard InChI is InChI=1S/C18H16O7/c19-7-11-8-23-14-2-1-9(3-16(14)24-11)15-6-13(22)18-12(21)4-10(20)5-17(18)25-15/h1-5,11,15,19-21H,6-8H2/t11-,15-/m1/s1. The molecule has 7 heteroatoms. The van der Waals surface area contributed by atoms with Crippen molar-refractivity contribution in [3.63, 3.8) is 0 Å². The molecule has 0 radical (unpaired) electrons. The minimum Gasteiger partial charge on any atom is -0.508 e. The number of ether oxygens (including phenoxy) is 3. The Labute approximate surface area is 143 Å². The molecule has 130 valence electrons. The molecule has 4 rings (SSSR count). The normalized spacial score (nSPS) is 21.4. The lowest BCUT2D eigenvalue weighted by molar-refractivity contribution is 0.0452. The highest BCUT2D eigenvalue weighted by atomic mass is 16.6. The summed E-state index contributed by atoms with van der Waals surface area (Å²) in [5.74, 6) is 0.424. The molecule has 2 aliphatic rings. The van der Waals surface area contributed by atoms with Crippen molar-refractivity contribution in [1.82, 2.24) is 0 Å². The second kappa shape index (κ2) is 5.86. The number of aliphatic hydroxyl groups excluding tert-OH is 1. The third-order valence-corrected chi connectivity index (χ3v) is 4.25. The molecule has 25 heavy (non-hydrogen) atoms. The maximum Gasteiger partial charge on any atom is 0.174 e. The van der Waals surface area contributed by atoms with Crippen molar-refractivity contribution in [2.45, 2.75) is 18.6 Å². The van der Waals surface area contributed by atoms with E-state index in [0.29, 0.717) is 17.1 Å². The number of hydrogen-bond acceptors (Lipinski definition) is 7. The fraction of sp³-hybridized carbons (Fsp3) is 0.278. The minimum absolute atomic E-state index is 0.0500. The van der Waals surface area contributed by atoms with Crippen molar-refractivity contribution in [3.8, 4) is 28.7 Å². The summed E-state index contributed by atoms with van der Waals surface area (Å²) in [6, 6.07) is 7.62. The molecule has 0 aromatic heterocycles. The Morgan fingerprint density at radius 2 is 1.88 bits per heavy atom. The SMILES string of the molecule is O=C1C[C@H](c2ccc3c(c2)O[C@H](CO)CO3)Oc2cc(O)cc(O)c21. The van der Waals surface area contributed by atoms with Crippen LogP contribution >= 0.6 is 0 Å². The average Bonchev–Trinajstić information content (AvgIpc) is 2.59. The van der Waals surface area contributed by atoms with Crippen LogP contribution in [0.15, 0.2) is 30.3 Å². The fourth-order valence-corrected chi connectivity index (χ4v) is 3.03. The van der Waals surface area contributed by atoms with Gasteiger partial charge in [-0.25, -0.2) is 0 Å². The zero-order valence-electron chi connectivity index (χ0n) is 13.1. The number of carbonyl (C=O) groups excluding carboxylic acids is 1. The van der Waals surface area contributed by atoms with Crippen LogP contribution < -0.4 is 14.2 Å². The van der Waals surface area contributed by atoms with Crippen LogP contribution in [0.4, 0.5) is 0 Å². The van der Waals surface area contributed by atoms with Gasteiger partial charge in [0.15, 0.2) is 23.4 Å². The van der Waals surface area contributed by atoms with E-state index < -0.39 is 12.2 Å². The summed E-state index contributed by atoms with van der Waals surface area (Å²) < 4.78 is 17.0. The van der Waals surface area contributed by atoms with E-state index >= 15 is 0 Å². The Bertz CT molecular complexity index is 846. The van der Waals surface area contributed by atoms with Gasteiger partial charge < -0.3 is 29.5 Å². The van der Waals surface area contributed by atoms with E-state index in [2.05, 4.69) is 0 Å². The second-order valence-electron chi connectivity index (χ2n) is 6.01. The van der Waals surface area contributed by atoms with Gasteiger partial charge in [0.1, 0.15) is 35.5 Å². The molecular formula is C18H16O7. The summed E-state index contributed by atoms with van der Waals surface area (Å²) in [7, 11) is 0. The van der Waals surface area contributed by atoms with Crippen molar-refractivity contribution in [3.05, 3.63) is 41.5 Å². The number of phenols is 2. The van der Waals surface area contributed by atoms with Gasteiger partial charge in [-0.1, -0.05) is 6.07 Å². The van der Waals surface area contributed by atoms with Crippen LogP contribution in [0, 0.1) is 0 Å². The van der Waals surface area contributed by atoms with Crippen molar-refractivity contribution in [2.75, 3.05) is 13.2 Å². The number of phenolic OH excluding ortho intramolecular Hbond substituents is 2. The van der Waals surface area contributed by atoms with E-state index in [-0.39, 0.29) is 48.2 Å². The molecule has 0 aliphatic carbocycles. The number of hydrogen-bond donors (Lipinski definition) is 3. The Hall–Kier alpha value is -2.93. The maximum atomic E-state index is 12.4. The zero-order chi connectivity index (χ0) is 17.6. The summed E-state index contributed by atoms with van der Waals surface area (Å²) in [6.07, 6.45) is -0.968. The third-order valence-electron chi connectivity index (χ3n) is 4.25. The minimum atomic E-state index is -0.579. The molecule has 2 aliphatic heterocycles. The average molecular weight is 344 g/mol. The van der Waals surface area contributed by atoms with Gasteiger partial charge in [0.05, 0.1) is 13.0 Å². The van der Waals surface area contributed by atoms with Crippen LogP contribution in [-0.2, 0) is 0 Å². The molecule has 2 atom stereocenters. The van der Waals surface area contributed by atoms with Crippen molar-refractivity contribution in [2.24, 2.45) is 0 Å². The van der Waals surface area contributed by atoms with Gasteiger partial charge in [-0.2, -0.15) is 0 Å². The van der Waals surface area contributed by atoms with E-state index in [1.165, 1.54) is 6.07 Å². The monoisotopic (exact) mass is 344 g/mol. The molecule has 3 N–H and O–H groups in total. The van der Waals surface area contributed by atoms with E-state index in [1.807, 2.05) is 0 Å². The van der Waals surface area contributed by atoms with Gasteiger partial charge in [0.25, 0.3) is 0 Å². The van der Waals surface area contributed by atoms with Gasteiger partial charge in [0.2, 0.25) is 0 Å². The predicted octanol–water partition coefficient (Wildman–Crippen LogP) is 1.94. The van der Waals surface area contributed by atoms with Crippen LogP contribution in [0.2, 0.25) is 0 Å². The van der Waals surface area contributed by atoms with Crippen molar-refractivity contribution in [1.29, 1.82) is 0 Å². The van der Waals surface area contributed by atoms with Gasteiger partial charge in [-0.05, 0) is 17.7 Å². The fourth-order valence-electron chi connectivity index (χ4n) is 3.03. The van der Waals surface area contributed by atoms with E-state index in [9.17, 15) is 20.1 Å². The number of Topliss-reactive ketones (excluding diaryl/α,β-unsaturated/α-hetero) is 1. The topological polar surface area (TPSA) is 105 Å². The lowest BCUT2D eigenvalue weighted by atomic mass is 9.95. The first-order valence-electron chi connectivity index (χ1n) is 7.85. The Balaban J connectivity index is 1.66. The quantitative estimate of drug-likeness (QED) is 0.764. The highest BCUT2D eigenvalue weighted by Gasteiger charge is 2.32. The molecule has 2 heterocycles. The van der Waals surface area contributed by atoms with Crippen LogP contribution in [0.5, 0.6) is 28.7 Å². The number of aromatic hydroxyl groups is 2. The molecule has 7 nitrogen and oxygen atoms in total. The molecule has 2 aromatic rings. The number of aliphatic hydroxyl groups is 1. The lowest BCUT2D eigenvalue weighted by Crippen LogP contribution is -2.32. The van der Waals surface area contributed by atoms with Crippen LogP contribution in [0.1, 0.15) is 28.4 Å². The lowest BCUT2D eigenvalue weighted by Gasteiger charge is -2.29. The number of fused-ring (bicyclic) bond motifs is 2. The smallest absolute Gasteiger partial charge is 0.174 e. The van der Waals surface area contributed by atoms with E-state index in [1.54, 1.807) is 18.2 Å². The first-order chi connectivity index (χ1) is 12.0. The van der Waals surface area contributed by atoms with Crippen molar-refractivity contribution >= 4 is 5.78 Å². The zero-order valence-corrected chi connectivity index (χ0v) is 13.1. The van der Waals surface area contributed by atoms with Gasteiger partial charge in [-0.3, -0.25) is 4.79 Å².